The molecule has 4 fully saturated rings. The van der Waals surface area contributed by atoms with Gasteiger partial charge in [0.2, 0.25) is 10.0 Å². The summed E-state index contributed by atoms with van der Waals surface area (Å²) in [6, 6.07) is 3.98. The molecule has 138 valence electrons. The number of hydrogen-bond donors (Lipinski definition) is 1. The Kier molecular flexibility index (Phi) is 4.95. The summed E-state index contributed by atoms with van der Waals surface area (Å²) in [6.07, 6.45) is 4.49. The maximum absolute atomic E-state index is 12.6. The molecule has 0 aliphatic carbocycles. The van der Waals surface area contributed by atoms with Crippen LogP contribution < -0.4 is 5.32 Å². The molecule has 5 heterocycles. The number of pyridine rings is 1. The van der Waals surface area contributed by atoms with E-state index in [4.69, 9.17) is 0 Å². The van der Waals surface area contributed by atoms with Crippen LogP contribution in [0.1, 0.15) is 19.3 Å². The average Bonchev–Trinajstić information content (AvgIpc) is 2.68. The zero-order valence-electron chi connectivity index (χ0n) is 14.6. The maximum Gasteiger partial charge on any atom is 0.244 e. The maximum atomic E-state index is 12.6. The van der Waals surface area contributed by atoms with Gasteiger partial charge in [-0.1, -0.05) is 6.42 Å². The first-order valence-electron chi connectivity index (χ1n) is 9.29. The van der Waals surface area contributed by atoms with Crippen molar-refractivity contribution in [3.8, 4) is 0 Å². The first-order chi connectivity index (χ1) is 12.1. The van der Waals surface area contributed by atoms with Gasteiger partial charge in [0.1, 0.15) is 10.7 Å². The van der Waals surface area contributed by atoms with E-state index in [1.165, 1.54) is 19.3 Å². The summed E-state index contributed by atoms with van der Waals surface area (Å²) in [4.78, 5) is 9.67. The van der Waals surface area contributed by atoms with Crippen LogP contribution in [-0.4, -0.2) is 85.9 Å². The number of anilines is 1. The lowest BCUT2D eigenvalue weighted by Crippen LogP contribution is -2.62. The lowest BCUT2D eigenvalue weighted by Gasteiger charge is -2.47. The SMILES string of the molecule is O=S(=O)(c1ccc(NCC2CN3CCN2CC3)nc1)N1CCCCC1. The van der Waals surface area contributed by atoms with E-state index in [0.29, 0.717) is 24.0 Å². The molecular formula is C17H27N5O2S. The number of sulfonamides is 1. The molecule has 8 heteroatoms. The Morgan fingerprint density at radius 2 is 1.80 bits per heavy atom. The van der Waals surface area contributed by atoms with Gasteiger partial charge in [0, 0.05) is 64.6 Å². The molecule has 1 unspecified atom stereocenters. The Morgan fingerprint density at radius 3 is 2.40 bits per heavy atom. The van der Waals surface area contributed by atoms with Crippen molar-refractivity contribution in [3.05, 3.63) is 18.3 Å². The summed E-state index contributed by atoms with van der Waals surface area (Å²) in [7, 11) is -3.39. The van der Waals surface area contributed by atoms with Crippen LogP contribution in [0.15, 0.2) is 23.2 Å². The highest BCUT2D eigenvalue weighted by molar-refractivity contribution is 7.89. The van der Waals surface area contributed by atoms with E-state index in [9.17, 15) is 8.42 Å². The predicted octanol–water partition coefficient (Wildman–Crippen LogP) is 0.668. The van der Waals surface area contributed by atoms with Crippen molar-refractivity contribution in [2.24, 2.45) is 0 Å². The molecule has 0 radical (unpaired) electrons. The van der Waals surface area contributed by atoms with Gasteiger partial charge in [-0.05, 0) is 25.0 Å². The van der Waals surface area contributed by atoms with E-state index >= 15 is 0 Å². The summed E-state index contributed by atoms with van der Waals surface area (Å²) in [6.45, 7) is 7.85. The highest BCUT2D eigenvalue weighted by atomic mass is 32.2. The minimum absolute atomic E-state index is 0.298. The van der Waals surface area contributed by atoms with Crippen LogP contribution in [0.4, 0.5) is 5.82 Å². The summed E-state index contributed by atoms with van der Waals surface area (Å²) in [5, 5.41) is 3.37. The molecule has 4 aliphatic heterocycles. The van der Waals surface area contributed by atoms with E-state index in [-0.39, 0.29) is 0 Å². The quantitative estimate of drug-likeness (QED) is 0.827. The van der Waals surface area contributed by atoms with Crippen molar-refractivity contribution in [2.75, 3.05) is 57.7 Å². The van der Waals surface area contributed by atoms with E-state index in [1.54, 1.807) is 16.4 Å². The number of piperazine rings is 3. The molecule has 1 aromatic heterocycles. The summed E-state index contributed by atoms with van der Waals surface area (Å²) in [5.41, 5.74) is 0. The van der Waals surface area contributed by atoms with Crippen LogP contribution in [0.5, 0.6) is 0 Å². The molecule has 5 rings (SSSR count). The largest absolute Gasteiger partial charge is 0.368 e. The molecule has 1 N–H and O–H groups in total. The molecule has 0 spiro atoms. The van der Waals surface area contributed by atoms with Gasteiger partial charge in [0.15, 0.2) is 0 Å². The number of hydrogen-bond acceptors (Lipinski definition) is 6. The smallest absolute Gasteiger partial charge is 0.244 e. The van der Waals surface area contributed by atoms with E-state index in [2.05, 4.69) is 20.1 Å². The van der Waals surface area contributed by atoms with Crippen LogP contribution in [-0.2, 0) is 10.0 Å². The molecule has 2 bridgehead atoms. The van der Waals surface area contributed by atoms with Gasteiger partial charge in [-0.25, -0.2) is 13.4 Å². The van der Waals surface area contributed by atoms with Crippen LogP contribution in [0.3, 0.4) is 0 Å². The normalized spacial score (nSPS) is 30.3. The van der Waals surface area contributed by atoms with Crippen molar-refractivity contribution in [1.82, 2.24) is 19.1 Å². The van der Waals surface area contributed by atoms with Crippen LogP contribution >= 0.6 is 0 Å². The van der Waals surface area contributed by atoms with Gasteiger partial charge in [-0.15, -0.1) is 0 Å². The fourth-order valence-corrected chi connectivity index (χ4v) is 5.50. The summed E-state index contributed by atoms with van der Waals surface area (Å²) >= 11 is 0. The molecular weight excluding hydrogens is 338 g/mol. The van der Waals surface area contributed by atoms with E-state index in [0.717, 1.165) is 51.3 Å². The topological polar surface area (TPSA) is 68.8 Å². The van der Waals surface area contributed by atoms with Gasteiger partial charge >= 0.3 is 0 Å². The van der Waals surface area contributed by atoms with Crippen molar-refractivity contribution in [3.63, 3.8) is 0 Å². The number of fused-ring (bicyclic) bond motifs is 3. The van der Waals surface area contributed by atoms with Crippen molar-refractivity contribution in [2.45, 2.75) is 30.2 Å². The zero-order chi connectivity index (χ0) is 17.3. The average molecular weight is 366 g/mol. The molecule has 1 atom stereocenters. The Morgan fingerprint density at radius 1 is 1.04 bits per heavy atom. The van der Waals surface area contributed by atoms with E-state index < -0.39 is 10.0 Å². The van der Waals surface area contributed by atoms with Crippen LogP contribution in [0.25, 0.3) is 0 Å². The lowest BCUT2D eigenvalue weighted by molar-refractivity contribution is 0.0189. The fourth-order valence-electron chi connectivity index (χ4n) is 4.03. The molecule has 4 saturated heterocycles. The Bertz CT molecular complexity index is 679. The second-order valence-electron chi connectivity index (χ2n) is 7.22. The molecule has 4 aliphatic rings. The van der Waals surface area contributed by atoms with Crippen molar-refractivity contribution >= 4 is 15.8 Å². The fraction of sp³-hybridized carbons (Fsp3) is 0.706. The molecule has 0 aromatic carbocycles. The lowest BCUT2D eigenvalue weighted by atomic mass is 10.1. The number of aromatic nitrogens is 1. The second kappa shape index (κ2) is 7.19. The van der Waals surface area contributed by atoms with E-state index in [1.807, 2.05) is 0 Å². The highest BCUT2D eigenvalue weighted by Crippen LogP contribution is 2.21. The molecule has 0 saturated carbocycles. The Labute approximate surface area is 150 Å². The standard InChI is InChI=1S/C17H27N5O2S/c23-25(24,22-6-2-1-3-7-22)16-4-5-17(19-13-16)18-12-15-14-20-8-10-21(15)11-9-20/h4-5,13,15H,1-3,6-12,14H2,(H,18,19). The van der Waals surface area contributed by atoms with Gasteiger partial charge in [0.25, 0.3) is 0 Å². The number of nitrogens with one attached hydrogen (secondary N) is 1. The molecule has 0 amide bonds. The molecule has 1 aromatic rings. The molecule has 25 heavy (non-hydrogen) atoms. The minimum Gasteiger partial charge on any atom is -0.368 e. The zero-order valence-corrected chi connectivity index (χ0v) is 15.4. The van der Waals surface area contributed by atoms with Gasteiger partial charge in [-0.2, -0.15) is 4.31 Å². The third kappa shape index (κ3) is 3.67. The predicted molar refractivity (Wildman–Crippen MR) is 97.1 cm³/mol. The van der Waals surface area contributed by atoms with Crippen LogP contribution in [0.2, 0.25) is 0 Å². The van der Waals surface area contributed by atoms with Gasteiger partial charge < -0.3 is 5.32 Å². The van der Waals surface area contributed by atoms with Crippen molar-refractivity contribution in [1.29, 1.82) is 0 Å². The minimum atomic E-state index is -3.39. The summed E-state index contributed by atoms with van der Waals surface area (Å²) in [5.74, 6) is 0.746. The van der Waals surface area contributed by atoms with Gasteiger partial charge in [0.05, 0.1) is 0 Å². The first-order valence-corrected chi connectivity index (χ1v) is 10.7. The molecule has 7 nitrogen and oxygen atoms in total. The Hall–Kier alpha value is -1.22. The number of rotatable bonds is 5. The van der Waals surface area contributed by atoms with Crippen molar-refractivity contribution < 1.29 is 8.42 Å². The monoisotopic (exact) mass is 365 g/mol. The first kappa shape index (κ1) is 17.2. The Balaban J connectivity index is 1.37. The second-order valence-corrected chi connectivity index (χ2v) is 9.15. The summed E-state index contributed by atoms with van der Waals surface area (Å²) < 4.78 is 26.9. The van der Waals surface area contributed by atoms with Gasteiger partial charge in [-0.3, -0.25) is 9.80 Å². The number of nitrogens with zero attached hydrogens (tertiary/aromatic N) is 4. The van der Waals surface area contributed by atoms with Crippen LogP contribution in [0, 0.1) is 0 Å². The number of piperidine rings is 1. The third-order valence-corrected chi connectivity index (χ3v) is 7.48. The highest BCUT2D eigenvalue weighted by Gasteiger charge is 2.31. The third-order valence-electron chi connectivity index (χ3n) is 5.60.